The Hall–Kier alpha value is -1.88. The molecule has 0 bridgehead atoms. The number of nitrogens with one attached hydrogen (secondary N) is 1. The Bertz CT molecular complexity index is 735. The van der Waals surface area contributed by atoms with Crippen molar-refractivity contribution < 1.29 is 4.79 Å². The van der Waals surface area contributed by atoms with E-state index in [1.54, 1.807) is 6.07 Å². The first-order valence-corrected chi connectivity index (χ1v) is 9.02. The zero-order valence-corrected chi connectivity index (χ0v) is 15.2. The lowest BCUT2D eigenvalue weighted by Gasteiger charge is -2.27. The maximum Gasteiger partial charge on any atom is 0.246 e. The van der Waals surface area contributed by atoms with Gasteiger partial charge >= 0.3 is 0 Å². The summed E-state index contributed by atoms with van der Waals surface area (Å²) in [6.45, 7) is 4.33. The van der Waals surface area contributed by atoms with E-state index in [1.165, 1.54) is 0 Å². The molecule has 0 radical (unpaired) electrons. The maximum absolute atomic E-state index is 13.1. The van der Waals surface area contributed by atoms with Gasteiger partial charge in [0.05, 0.1) is 0 Å². The number of amides is 1. The molecule has 1 fully saturated rings. The minimum Gasteiger partial charge on any atom is -0.330 e. The van der Waals surface area contributed by atoms with E-state index in [9.17, 15) is 4.79 Å². The van der Waals surface area contributed by atoms with Crippen molar-refractivity contribution >= 4 is 23.2 Å². The van der Waals surface area contributed by atoms with Crippen LogP contribution in [0.25, 0.3) is 0 Å². The van der Waals surface area contributed by atoms with Crippen LogP contribution in [0.2, 0.25) is 5.02 Å². The van der Waals surface area contributed by atoms with Gasteiger partial charge in [0.1, 0.15) is 6.04 Å². The number of hydrogen-bond donors (Lipinski definition) is 2. The van der Waals surface area contributed by atoms with Crippen LogP contribution in [0, 0.1) is 12.8 Å². The van der Waals surface area contributed by atoms with Crippen LogP contribution in [0.3, 0.4) is 0 Å². The predicted molar refractivity (Wildman–Crippen MR) is 103 cm³/mol. The molecule has 5 heteroatoms. The molecule has 3 N–H and O–H groups in total. The number of anilines is 1. The summed E-state index contributed by atoms with van der Waals surface area (Å²) in [4.78, 5) is 15.3. The van der Waals surface area contributed by atoms with Crippen molar-refractivity contribution in [3.63, 3.8) is 0 Å². The van der Waals surface area contributed by atoms with Gasteiger partial charge in [-0.3, -0.25) is 9.69 Å². The Labute approximate surface area is 154 Å². The van der Waals surface area contributed by atoms with Gasteiger partial charge in [0.25, 0.3) is 0 Å². The molecule has 2 aromatic rings. The summed E-state index contributed by atoms with van der Waals surface area (Å²) < 4.78 is 0. The Morgan fingerprint density at radius 1 is 1.32 bits per heavy atom. The van der Waals surface area contributed by atoms with Crippen LogP contribution in [-0.4, -0.2) is 30.4 Å². The minimum absolute atomic E-state index is 0.0382. The topological polar surface area (TPSA) is 58.4 Å². The third-order valence-electron chi connectivity index (χ3n) is 4.82. The average Bonchev–Trinajstić information content (AvgIpc) is 3.08. The summed E-state index contributed by atoms with van der Waals surface area (Å²) in [6, 6.07) is 15.2. The number of carbonyl (C=O) groups is 1. The maximum atomic E-state index is 13.1. The predicted octanol–water partition coefficient (Wildman–Crippen LogP) is 3.61. The largest absolute Gasteiger partial charge is 0.330 e. The SMILES string of the molecule is Cc1ccc(NC(=O)C(c2ccccc2)N2CCC(CN)C2)cc1Cl. The molecule has 1 saturated heterocycles. The lowest BCUT2D eigenvalue weighted by Crippen LogP contribution is -2.36. The third-order valence-corrected chi connectivity index (χ3v) is 5.23. The number of rotatable bonds is 5. The summed E-state index contributed by atoms with van der Waals surface area (Å²) in [5.74, 6) is 0.414. The molecule has 25 heavy (non-hydrogen) atoms. The number of aryl methyl sites for hydroxylation is 1. The first-order chi connectivity index (χ1) is 12.1. The van der Waals surface area contributed by atoms with Crippen LogP contribution in [-0.2, 0) is 4.79 Å². The molecule has 3 rings (SSSR count). The van der Waals surface area contributed by atoms with E-state index >= 15 is 0 Å². The van der Waals surface area contributed by atoms with Crippen LogP contribution in [0.1, 0.15) is 23.6 Å². The fraction of sp³-hybridized carbons (Fsp3) is 0.350. The Morgan fingerprint density at radius 2 is 2.08 bits per heavy atom. The van der Waals surface area contributed by atoms with E-state index in [4.69, 9.17) is 17.3 Å². The lowest BCUT2D eigenvalue weighted by molar-refractivity contribution is -0.121. The van der Waals surface area contributed by atoms with E-state index in [2.05, 4.69) is 10.2 Å². The third kappa shape index (κ3) is 4.21. The van der Waals surface area contributed by atoms with Crippen molar-refractivity contribution in [1.82, 2.24) is 4.90 Å². The van der Waals surface area contributed by atoms with Crippen LogP contribution in [0.15, 0.2) is 48.5 Å². The van der Waals surface area contributed by atoms with Gasteiger partial charge in [0.2, 0.25) is 5.91 Å². The van der Waals surface area contributed by atoms with Gasteiger partial charge in [-0.05, 0) is 55.6 Å². The Kier molecular flexibility index (Phi) is 5.74. The van der Waals surface area contributed by atoms with E-state index in [0.29, 0.717) is 17.5 Å². The summed E-state index contributed by atoms with van der Waals surface area (Å²) >= 11 is 6.18. The molecule has 1 aliphatic heterocycles. The van der Waals surface area contributed by atoms with Crippen LogP contribution >= 0.6 is 11.6 Å². The molecule has 2 atom stereocenters. The molecule has 1 amide bonds. The molecule has 132 valence electrons. The highest BCUT2D eigenvalue weighted by Crippen LogP contribution is 2.29. The van der Waals surface area contributed by atoms with E-state index in [-0.39, 0.29) is 11.9 Å². The Balaban J connectivity index is 1.83. The summed E-state index contributed by atoms with van der Waals surface area (Å²) in [5, 5.41) is 3.67. The highest BCUT2D eigenvalue weighted by Gasteiger charge is 2.33. The quantitative estimate of drug-likeness (QED) is 0.859. The van der Waals surface area contributed by atoms with E-state index in [0.717, 1.165) is 36.3 Å². The van der Waals surface area contributed by atoms with Crippen LogP contribution in [0.4, 0.5) is 5.69 Å². The number of nitrogens with zero attached hydrogens (tertiary/aromatic N) is 1. The normalized spacial score (nSPS) is 18.9. The van der Waals surface area contributed by atoms with Gasteiger partial charge in [-0.25, -0.2) is 0 Å². The number of benzene rings is 2. The van der Waals surface area contributed by atoms with Crippen molar-refractivity contribution in [3.8, 4) is 0 Å². The van der Waals surface area contributed by atoms with Crippen molar-refractivity contribution in [2.75, 3.05) is 25.0 Å². The molecule has 2 aromatic carbocycles. The molecule has 1 heterocycles. The highest BCUT2D eigenvalue weighted by molar-refractivity contribution is 6.31. The smallest absolute Gasteiger partial charge is 0.246 e. The zero-order chi connectivity index (χ0) is 17.8. The Morgan fingerprint density at radius 3 is 2.72 bits per heavy atom. The number of likely N-dealkylation sites (tertiary alicyclic amines) is 1. The summed E-state index contributed by atoms with van der Waals surface area (Å²) in [5.41, 5.74) is 8.53. The fourth-order valence-corrected chi connectivity index (χ4v) is 3.51. The second-order valence-corrected chi connectivity index (χ2v) is 7.06. The molecule has 0 saturated carbocycles. The zero-order valence-electron chi connectivity index (χ0n) is 14.4. The van der Waals surface area contributed by atoms with E-state index < -0.39 is 0 Å². The lowest BCUT2D eigenvalue weighted by atomic mass is 10.0. The second kappa shape index (κ2) is 8.00. The number of carbonyl (C=O) groups excluding carboxylic acids is 1. The van der Waals surface area contributed by atoms with Gasteiger partial charge in [0, 0.05) is 17.3 Å². The molecule has 4 nitrogen and oxygen atoms in total. The molecular weight excluding hydrogens is 334 g/mol. The van der Waals surface area contributed by atoms with E-state index in [1.807, 2.05) is 49.4 Å². The first-order valence-electron chi connectivity index (χ1n) is 8.64. The van der Waals surface area contributed by atoms with Crippen molar-refractivity contribution in [1.29, 1.82) is 0 Å². The molecule has 0 aliphatic carbocycles. The second-order valence-electron chi connectivity index (χ2n) is 6.65. The number of halogens is 1. The summed E-state index contributed by atoms with van der Waals surface area (Å²) in [6.07, 6.45) is 1.03. The van der Waals surface area contributed by atoms with Gasteiger partial charge < -0.3 is 11.1 Å². The minimum atomic E-state index is -0.321. The highest BCUT2D eigenvalue weighted by atomic mass is 35.5. The summed E-state index contributed by atoms with van der Waals surface area (Å²) in [7, 11) is 0. The van der Waals surface area contributed by atoms with Crippen molar-refractivity contribution in [2.45, 2.75) is 19.4 Å². The average molecular weight is 358 g/mol. The van der Waals surface area contributed by atoms with Crippen LogP contribution in [0.5, 0.6) is 0 Å². The van der Waals surface area contributed by atoms with Crippen molar-refractivity contribution in [3.05, 3.63) is 64.7 Å². The monoisotopic (exact) mass is 357 g/mol. The molecular formula is C20H24ClN3O. The molecule has 0 spiro atoms. The fourth-order valence-electron chi connectivity index (χ4n) is 3.33. The number of hydrogen-bond acceptors (Lipinski definition) is 3. The van der Waals surface area contributed by atoms with Gasteiger partial charge in [-0.2, -0.15) is 0 Å². The number of nitrogens with two attached hydrogens (primary N) is 1. The molecule has 0 aromatic heterocycles. The van der Waals surface area contributed by atoms with Crippen LogP contribution < -0.4 is 11.1 Å². The standard InChI is InChI=1S/C20H24ClN3O/c1-14-7-8-17(11-18(14)21)23-20(25)19(16-5-3-2-4-6-16)24-10-9-15(12-22)13-24/h2-8,11,15,19H,9-10,12-13,22H2,1H3,(H,23,25). The van der Waals surface area contributed by atoms with Crippen molar-refractivity contribution in [2.24, 2.45) is 11.7 Å². The molecule has 1 aliphatic rings. The van der Waals surface area contributed by atoms with Gasteiger partial charge in [-0.15, -0.1) is 0 Å². The first kappa shape index (κ1) is 17.9. The van der Waals surface area contributed by atoms with Gasteiger partial charge in [0.15, 0.2) is 0 Å². The molecule has 2 unspecified atom stereocenters. The van der Waals surface area contributed by atoms with Gasteiger partial charge in [-0.1, -0.05) is 48.0 Å².